The lowest BCUT2D eigenvalue weighted by atomic mass is 9.77. The molecule has 108 valence electrons. The van der Waals surface area contributed by atoms with Gasteiger partial charge < -0.3 is 14.7 Å². The number of amides is 1. The highest BCUT2D eigenvalue weighted by atomic mass is 19.1. The molecule has 1 N–H and O–H groups in total. The summed E-state index contributed by atoms with van der Waals surface area (Å²) in [5, 5.41) is 9.36. The maximum absolute atomic E-state index is 13.0. The lowest BCUT2D eigenvalue weighted by Crippen LogP contribution is -2.39. The summed E-state index contributed by atoms with van der Waals surface area (Å²) < 4.78 is 18.8. The second kappa shape index (κ2) is 3.92. The molecule has 3 aliphatic heterocycles. The van der Waals surface area contributed by atoms with Crippen LogP contribution in [0, 0.1) is 17.7 Å². The van der Waals surface area contributed by atoms with Crippen molar-refractivity contribution in [2.24, 2.45) is 11.8 Å². The number of carboxylic acids is 1. The Labute approximate surface area is 119 Å². The van der Waals surface area contributed by atoms with Crippen molar-refractivity contribution in [3.8, 4) is 0 Å². The Hall–Kier alpha value is -2.21. The van der Waals surface area contributed by atoms with Gasteiger partial charge in [-0.05, 0) is 24.3 Å². The molecular weight excluding hydrogens is 277 g/mol. The molecule has 1 amide bonds. The topological polar surface area (TPSA) is 66.8 Å². The lowest BCUT2D eigenvalue weighted by Gasteiger charge is -2.21. The molecule has 2 bridgehead atoms. The molecule has 6 heteroatoms. The minimum atomic E-state index is -1.02. The summed E-state index contributed by atoms with van der Waals surface area (Å²) in [5.74, 6) is -3.25. The molecule has 4 rings (SSSR count). The van der Waals surface area contributed by atoms with Crippen LogP contribution >= 0.6 is 0 Å². The van der Waals surface area contributed by atoms with Crippen LogP contribution in [0.5, 0.6) is 0 Å². The molecule has 0 saturated carbocycles. The van der Waals surface area contributed by atoms with Gasteiger partial charge in [0.15, 0.2) is 0 Å². The summed E-state index contributed by atoms with van der Waals surface area (Å²) in [6.07, 6.45) is 2.98. The van der Waals surface area contributed by atoms with E-state index in [-0.39, 0.29) is 18.3 Å². The number of nitrogens with zero attached hydrogens (tertiary/aromatic N) is 1. The minimum Gasteiger partial charge on any atom is -0.481 e. The van der Waals surface area contributed by atoms with Crippen molar-refractivity contribution >= 4 is 17.6 Å². The molecule has 4 atom stereocenters. The van der Waals surface area contributed by atoms with E-state index < -0.39 is 29.5 Å². The standard InChI is InChI=1S/C15H12FNO4/c16-8-1-3-9(4-2-8)17-7-15-6-5-10(21-15)11(14(19)20)12(15)13(17)18/h1-6,10-12H,7H2,(H,19,20)/t10-,11+,12-,15-/m1/s1. The average molecular weight is 289 g/mol. The number of benzene rings is 1. The van der Waals surface area contributed by atoms with Gasteiger partial charge in [-0.25, -0.2) is 4.39 Å². The fourth-order valence-electron chi connectivity index (χ4n) is 3.62. The second-order valence-electron chi connectivity index (χ2n) is 5.64. The van der Waals surface area contributed by atoms with Crippen LogP contribution in [0.3, 0.4) is 0 Å². The van der Waals surface area contributed by atoms with Crippen LogP contribution in [-0.4, -0.2) is 35.2 Å². The monoisotopic (exact) mass is 289 g/mol. The van der Waals surface area contributed by atoms with Gasteiger partial charge in [0, 0.05) is 5.69 Å². The highest BCUT2D eigenvalue weighted by Crippen LogP contribution is 2.52. The number of anilines is 1. The third-order valence-electron chi connectivity index (χ3n) is 4.52. The van der Waals surface area contributed by atoms with Crippen molar-refractivity contribution in [2.45, 2.75) is 11.7 Å². The molecule has 1 aromatic rings. The molecule has 0 radical (unpaired) electrons. The number of halogens is 1. The van der Waals surface area contributed by atoms with Gasteiger partial charge in [0.2, 0.25) is 5.91 Å². The van der Waals surface area contributed by atoms with Crippen LogP contribution in [0.4, 0.5) is 10.1 Å². The molecule has 0 unspecified atom stereocenters. The van der Waals surface area contributed by atoms with Crippen LogP contribution < -0.4 is 4.90 Å². The summed E-state index contributed by atoms with van der Waals surface area (Å²) >= 11 is 0. The number of carbonyl (C=O) groups excluding carboxylic acids is 1. The number of hydrogen-bond donors (Lipinski definition) is 1. The van der Waals surface area contributed by atoms with Crippen LogP contribution in [0.2, 0.25) is 0 Å². The van der Waals surface area contributed by atoms with Gasteiger partial charge in [0.1, 0.15) is 17.3 Å². The molecule has 21 heavy (non-hydrogen) atoms. The first-order valence-corrected chi connectivity index (χ1v) is 6.69. The molecule has 0 aromatic heterocycles. The highest BCUT2D eigenvalue weighted by Gasteiger charge is 2.67. The molecule has 0 aliphatic carbocycles. The van der Waals surface area contributed by atoms with Crippen LogP contribution in [0.25, 0.3) is 0 Å². The van der Waals surface area contributed by atoms with E-state index in [2.05, 4.69) is 0 Å². The van der Waals surface area contributed by atoms with E-state index in [9.17, 15) is 19.1 Å². The van der Waals surface area contributed by atoms with E-state index in [0.717, 1.165) is 0 Å². The van der Waals surface area contributed by atoms with E-state index in [1.165, 1.54) is 29.2 Å². The van der Waals surface area contributed by atoms with Gasteiger partial charge in [-0.1, -0.05) is 12.2 Å². The zero-order valence-electron chi connectivity index (χ0n) is 10.9. The van der Waals surface area contributed by atoms with Gasteiger partial charge in [-0.2, -0.15) is 0 Å². The zero-order chi connectivity index (χ0) is 14.8. The number of hydrogen-bond acceptors (Lipinski definition) is 3. The highest BCUT2D eigenvalue weighted by molar-refractivity contribution is 6.02. The van der Waals surface area contributed by atoms with Gasteiger partial charge in [-0.3, -0.25) is 9.59 Å². The Bertz CT molecular complexity index is 671. The van der Waals surface area contributed by atoms with Crippen molar-refractivity contribution in [2.75, 3.05) is 11.4 Å². The summed E-state index contributed by atoms with van der Waals surface area (Å²) in [7, 11) is 0. The lowest BCUT2D eigenvalue weighted by molar-refractivity contribution is -0.146. The minimum absolute atomic E-state index is 0.263. The quantitative estimate of drug-likeness (QED) is 0.831. The fourth-order valence-corrected chi connectivity index (χ4v) is 3.62. The Balaban J connectivity index is 1.73. The van der Waals surface area contributed by atoms with Crippen molar-refractivity contribution in [3.05, 3.63) is 42.2 Å². The molecule has 1 spiro atoms. The van der Waals surface area contributed by atoms with E-state index >= 15 is 0 Å². The summed E-state index contributed by atoms with van der Waals surface area (Å²) in [5.41, 5.74) is -0.311. The fraction of sp³-hybridized carbons (Fsp3) is 0.333. The smallest absolute Gasteiger partial charge is 0.310 e. The van der Waals surface area contributed by atoms with Crippen LogP contribution in [-0.2, 0) is 14.3 Å². The SMILES string of the molecule is O=C(O)[C@H]1[C@H]2C=C[C@]3(CN(c4ccc(F)cc4)C(=O)[C@@H]13)O2. The number of ether oxygens (including phenoxy) is 1. The first-order chi connectivity index (χ1) is 10.0. The Morgan fingerprint density at radius 3 is 2.76 bits per heavy atom. The Morgan fingerprint density at radius 2 is 2.10 bits per heavy atom. The van der Waals surface area contributed by atoms with Crippen molar-refractivity contribution in [3.63, 3.8) is 0 Å². The third kappa shape index (κ3) is 1.53. The third-order valence-corrected chi connectivity index (χ3v) is 4.52. The first kappa shape index (κ1) is 12.5. The first-order valence-electron chi connectivity index (χ1n) is 6.69. The maximum atomic E-state index is 13.0. The van der Waals surface area contributed by atoms with Gasteiger partial charge in [-0.15, -0.1) is 0 Å². The average Bonchev–Trinajstić information content (AvgIpc) is 3.08. The van der Waals surface area contributed by atoms with Crippen molar-refractivity contribution in [1.29, 1.82) is 0 Å². The summed E-state index contributed by atoms with van der Waals surface area (Å²) in [6, 6.07) is 5.57. The normalized spacial score (nSPS) is 36.3. The van der Waals surface area contributed by atoms with Crippen LogP contribution in [0.1, 0.15) is 0 Å². The summed E-state index contributed by atoms with van der Waals surface area (Å²) in [6.45, 7) is 0.263. The predicted molar refractivity (Wildman–Crippen MR) is 70.1 cm³/mol. The number of aliphatic carboxylic acids is 1. The number of carbonyl (C=O) groups is 2. The summed E-state index contributed by atoms with van der Waals surface area (Å²) in [4.78, 5) is 25.5. The second-order valence-corrected chi connectivity index (χ2v) is 5.64. The van der Waals surface area contributed by atoms with E-state index in [1.807, 2.05) is 0 Å². The number of fused-ring (bicyclic) bond motifs is 1. The van der Waals surface area contributed by atoms with Crippen molar-refractivity contribution in [1.82, 2.24) is 0 Å². The number of carboxylic acid groups (broad SMARTS) is 1. The predicted octanol–water partition coefficient (Wildman–Crippen LogP) is 1.20. The molecule has 1 aromatic carbocycles. The van der Waals surface area contributed by atoms with Crippen LogP contribution in [0.15, 0.2) is 36.4 Å². The van der Waals surface area contributed by atoms with Gasteiger partial charge in [0.25, 0.3) is 0 Å². The van der Waals surface area contributed by atoms with Gasteiger partial charge >= 0.3 is 5.97 Å². The van der Waals surface area contributed by atoms with E-state index in [4.69, 9.17) is 4.74 Å². The molecule has 3 heterocycles. The van der Waals surface area contributed by atoms with E-state index in [1.54, 1.807) is 12.2 Å². The zero-order valence-corrected chi connectivity index (χ0v) is 10.9. The maximum Gasteiger partial charge on any atom is 0.310 e. The largest absolute Gasteiger partial charge is 0.481 e. The van der Waals surface area contributed by atoms with E-state index in [0.29, 0.717) is 5.69 Å². The Kier molecular flexibility index (Phi) is 2.34. The Morgan fingerprint density at radius 1 is 1.38 bits per heavy atom. The number of rotatable bonds is 2. The molecule has 2 fully saturated rings. The molecule has 5 nitrogen and oxygen atoms in total. The van der Waals surface area contributed by atoms with Crippen molar-refractivity contribution < 1.29 is 23.8 Å². The van der Waals surface area contributed by atoms with Gasteiger partial charge in [0.05, 0.1) is 18.6 Å². The molecule has 3 aliphatic rings. The molecular formula is C15H12FNO4. The molecule has 2 saturated heterocycles.